The number of carbonyl (C=O) groups excluding carboxylic acids is 1. The monoisotopic (exact) mass is 238 g/mol. The minimum atomic E-state index is -0.447. The molecule has 1 heterocycles. The van der Waals surface area contributed by atoms with Crippen LogP contribution in [0.5, 0.6) is 0 Å². The highest BCUT2D eigenvalue weighted by Crippen LogP contribution is 2.34. The van der Waals surface area contributed by atoms with Crippen molar-refractivity contribution in [2.24, 2.45) is 0 Å². The highest BCUT2D eigenvalue weighted by molar-refractivity contribution is 7.09. The highest BCUT2D eigenvalue weighted by Gasteiger charge is 2.40. The first-order valence-electron chi connectivity index (χ1n) is 5.88. The fraction of sp³-hybridized carbons (Fsp3) is 0.615. The van der Waals surface area contributed by atoms with Crippen molar-refractivity contribution in [1.82, 2.24) is 0 Å². The number of carbonyl (C=O) groups is 1. The van der Waals surface area contributed by atoms with Gasteiger partial charge in [-0.2, -0.15) is 0 Å². The molecule has 2 rings (SSSR count). The first kappa shape index (κ1) is 11.8. The molecule has 0 bridgehead atoms. The van der Waals surface area contributed by atoms with Crippen molar-refractivity contribution in [3.8, 4) is 0 Å². The van der Waals surface area contributed by atoms with Gasteiger partial charge in [-0.3, -0.25) is 4.79 Å². The molecule has 1 aliphatic rings. The summed E-state index contributed by atoms with van der Waals surface area (Å²) in [6, 6.07) is 4.12. The summed E-state index contributed by atoms with van der Waals surface area (Å²) in [4.78, 5) is 13.5. The van der Waals surface area contributed by atoms with Crippen LogP contribution >= 0.6 is 11.3 Å². The van der Waals surface area contributed by atoms with E-state index >= 15 is 0 Å². The van der Waals surface area contributed by atoms with E-state index in [2.05, 4.69) is 11.4 Å². The van der Waals surface area contributed by atoms with Crippen LogP contribution in [0.25, 0.3) is 0 Å². The fourth-order valence-corrected chi connectivity index (χ4v) is 3.17. The summed E-state index contributed by atoms with van der Waals surface area (Å²) < 4.78 is 5.48. The largest absolute Gasteiger partial charge is 0.370 e. The molecule has 2 nitrogen and oxygen atoms in total. The summed E-state index contributed by atoms with van der Waals surface area (Å²) in [6.45, 7) is 0. The molecule has 0 aliphatic heterocycles. The van der Waals surface area contributed by atoms with E-state index in [1.807, 2.05) is 6.07 Å². The van der Waals surface area contributed by atoms with Crippen LogP contribution in [0.4, 0.5) is 0 Å². The van der Waals surface area contributed by atoms with E-state index in [1.165, 1.54) is 4.88 Å². The number of methoxy groups -OCH3 is 1. The third kappa shape index (κ3) is 2.36. The summed E-state index contributed by atoms with van der Waals surface area (Å²) >= 11 is 1.72. The lowest BCUT2D eigenvalue weighted by molar-refractivity contribution is -0.140. The summed E-state index contributed by atoms with van der Waals surface area (Å²) in [5.74, 6) is 0.293. The van der Waals surface area contributed by atoms with E-state index in [4.69, 9.17) is 4.74 Å². The second kappa shape index (κ2) is 5.11. The molecule has 16 heavy (non-hydrogen) atoms. The Kier molecular flexibility index (Phi) is 3.77. The Morgan fingerprint density at radius 2 is 2.25 bits per heavy atom. The number of hydrogen-bond acceptors (Lipinski definition) is 3. The van der Waals surface area contributed by atoms with Crippen molar-refractivity contribution in [3.05, 3.63) is 22.4 Å². The SMILES string of the molecule is COC1(C(=O)CCc2cccs2)CCCC1. The van der Waals surface area contributed by atoms with E-state index < -0.39 is 5.60 Å². The van der Waals surface area contributed by atoms with Gasteiger partial charge in [0.1, 0.15) is 5.60 Å². The van der Waals surface area contributed by atoms with Crippen molar-refractivity contribution in [2.45, 2.75) is 44.1 Å². The lowest BCUT2D eigenvalue weighted by atomic mass is 9.93. The molecule has 0 aromatic carbocycles. The molecule has 1 saturated carbocycles. The summed E-state index contributed by atoms with van der Waals surface area (Å²) in [6.07, 6.45) is 5.55. The van der Waals surface area contributed by atoms with Gasteiger partial charge in [-0.1, -0.05) is 6.07 Å². The normalized spacial score (nSPS) is 18.8. The molecular formula is C13H18O2S. The smallest absolute Gasteiger partial charge is 0.164 e. The van der Waals surface area contributed by atoms with Gasteiger partial charge in [0.2, 0.25) is 0 Å². The van der Waals surface area contributed by atoms with Gasteiger partial charge < -0.3 is 4.74 Å². The molecule has 1 aliphatic carbocycles. The third-order valence-corrected chi connectivity index (χ3v) is 4.42. The van der Waals surface area contributed by atoms with Gasteiger partial charge in [0.15, 0.2) is 5.78 Å². The molecule has 0 amide bonds. The molecule has 88 valence electrons. The van der Waals surface area contributed by atoms with Gasteiger partial charge in [0, 0.05) is 18.4 Å². The Balaban J connectivity index is 1.91. The summed E-state index contributed by atoms with van der Waals surface area (Å²) in [5, 5.41) is 2.06. The molecular weight excluding hydrogens is 220 g/mol. The van der Waals surface area contributed by atoms with Crippen LogP contribution in [0.2, 0.25) is 0 Å². The van der Waals surface area contributed by atoms with Crippen LogP contribution in [0.3, 0.4) is 0 Å². The fourth-order valence-electron chi connectivity index (χ4n) is 2.46. The average Bonchev–Trinajstić information content (AvgIpc) is 2.97. The van der Waals surface area contributed by atoms with Crippen molar-refractivity contribution >= 4 is 17.1 Å². The first-order valence-corrected chi connectivity index (χ1v) is 6.76. The van der Waals surface area contributed by atoms with Gasteiger partial charge in [0.25, 0.3) is 0 Å². The lowest BCUT2D eigenvalue weighted by Gasteiger charge is -2.25. The van der Waals surface area contributed by atoms with E-state index in [-0.39, 0.29) is 0 Å². The van der Waals surface area contributed by atoms with E-state index in [9.17, 15) is 4.79 Å². The van der Waals surface area contributed by atoms with E-state index in [0.29, 0.717) is 12.2 Å². The zero-order chi connectivity index (χ0) is 11.4. The number of ether oxygens (including phenoxy) is 1. The van der Waals surface area contributed by atoms with Crippen LogP contribution in [0.1, 0.15) is 37.0 Å². The quantitative estimate of drug-likeness (QED) is 0.787. The zero-order valence-corrected chi connectivity index (χ0v) is 10.5. The third-order valence-electron chi connectivity index (χ3n) is 3.49. The predicted octanol–water partition coefficient (Wildman–Crippen LogP) is 3.21. The maximum Gasteiger partial charge on any atom is 0.164 e. The van der Waals surface area contributed by atoms with Gasteiger partial charge in [0.05, 0.1) is 0 Å². The summed E-state index contributed by atoms with van der Waals surface area (Å²) in [7, 11) is 1.67. The Hall–Kier alpha value is -0.670. The zero-order valence-electron chi connectivity index (χ0n) is 9.70. The number of thiophene rings is 1. The minimum Gasteiger partial charge on any atom is -0.370 e. The Morgan fingerprint density at radius 1 is 1.50 bits per heavy atom. The molecule has 1 aromatic rings. The molecule has 1 fully saturated rings. The molecule has 0 saturated heterocycles. The molecule has 1 aromatic heterocycles. The van der Waals surface area contributed by atoms with Crippen molar-refractivity contribution in [2.75, 3.05) is 7.11 Å². The van der Waals surface area contributed by atoms with Crippen LogP contribution in [0, 0.1) is 0 Å². The summed E-state index contributed by atoms with van der Waals surface area (Å²) in [5.41, 5.74) is -0.447. The van der Waals surface area contributed by atoms with Crippen molar-refractivity contribution < 1.29 is 9.53 Å². The van der Waals surface area contributed by atoms with Gasteiger partial charge in [-0.05, 0) is 43.6 Å². The van der Waals surface area contributed by atoms with Crippen LogP contribution < -0.4 is 0 Å². The number of rotatable bonds is 5. The lowest BCUT2D eigenvalue weighted by Crippen LogP contribution is -2.37. The maximum atomic E-state index is 12.2. The second-order valence-corrected chi connectivity index (χ2v) is 5.44. The number of aryl methyl sites for hydroxylation is 1. The molecule has 0 spiro atoms. The number of ketones is 1. The van der Waals surface area contributed by atoms with E-state index in [1.54, 1.807) is 18.4 Å². The van der Waals surface area contributed by atoms with Gasteiger partial charge in [-0.25, -0.2) is 0 Å². The predicted molar refractivity (Wildman–Crippen MR) is 65.9 cm³/mol. The maximum absolute atomic E-state index is 12.2. The second-order valence-electron chi connectivity index (χ2n) is 4.41. The van der Waals surface area contributed by atoms with Gasteiger partial charge in [-0.15, -0.1) is 11.3 Å². The Morgan fingerprint density at radius 3 is 2.81 bits per heavy atom. The first-order chi connectivity index (χ1) is 7.77. The minimum absolute atomic E-state index is 0.293. The standard InChI is InChI=1S/C13H18O2S/c1-15-13(8-2-3-9-13)12(14)7-6-11-5-4-10-16-11/h4-5,10H,2-3,6-9H2,1H3. The van der Waals surface area contributed by atoms with Crippen molar-refractivity contribution in [1.29, 1.82) is 0 Å². The van der Waals surface area contributed by atoms with Crippen LogP contribution in [0.15, 0.2) is 17.5 Å². The Labute approximate surface area is 101 Å². The molecule has 0 unspecified atom stereocenters. The van der Waals surface area contributed by atoms with Crippen LogP contribution in [-0.2, 0) is 16.0 Å². The number of hydrogen-bond donors (Lipinski definition) is 0. The molecule has 0 N–H and O–H groups in total. The van der Waals surface area contributed by atoms with Gasteiger partial charge >= 0.3 is 0 Å². The topological polar surface area (TPSA) is 26.3 Å². The molecule has 0 atom stereocenters. The Bertz CT molecular complexity index is 337. The molecule has 0 radical (unpaired) electrons. The van der Waals surface area contributed by atoms with Crippen molar-refractivity contribution in [3.63, 3.8) is 0 Å². The number of Topliss-reactive ketones (excluding diaryl/α,β-unsaturated/α-hetero) is 1. The van der Waals surface area contributed by atoms with E-state index in [0.717, 1.165) is 32.1 Å². The highest BCUT2D eigenvalue weighted by atomic mass is 32.1. The van der Waals surface area contributed by atoms with Crippen LogP contribution in [-0.4, -0.2) is 18.5 Å². The molecule has 3 heteroatoms. The average molecular weight is 238 g/mol.